The van der Waals surface area contributed by atoms with Gasteiger partial charge in [0, 0.05) is 6.54 Å². The van der Waals surface area contributed by atoms with Crippen molar-refractivity contribution in [3.8, 4) is 0 Å². The van der Waals surface area contributed by atoms with E-state index in [1.54, 1.807) is 0 Å². The molecule has 0 aromatic rings. The molecule has 0 aromatic carbocycles. The highest BCUT2D eigenvalue weighted by Gasteiger charge is 2.46. The van der Waals surface area contributed by atoms with Crippen LogP contribution in [0.3, 0.4) is 0 Å². The highest BCUT2D eigenvalue weighted by atomic mass is 16.1. The Labute approximate surface area is 123 Å². The van der Waals surface area contributed by atoms with Crippen LogP contribution in [0.4, 0.5) is 0 Å². The topological polar surface area (TPSA) is 58.4 Å². The Balaban J connectivity index is 1.92. The molecule has 1 amide bonds. The summed E-state index contributed by atoms with van der Waals surface area (Å²) in [5.74, 6) is 0.257. The predicted octanol–water partition coefficient (Wildman–Crippen LogP) is 1.74. The molecule has 2 atom stereocenters. The van der Waals surface area contributed by atoms with Gasteiger partial charge in [0.15, 0.2) is 0 Å². The van der Waals surface area contributed by atoms with Gasteiger partial charge in [-0.2, -0.15) is 0 Å². The summed E-state index contributed by atoms with van der Waals surface area (Å²) in [4.78, 5) is 14.5. The molecule has 2 unspecified atom stereocenters. The standard InChI is InChI=1S/C16H31N3O/c1-4-18-16(14(17)20)8-5-6-13(16)7-10-19-11-9-15(2,3)12-19/h13,18H,4-12H2,1-3H3,(H2,17,20). The van der Waals surface area contributed by atoms with Crippen LogP contribution in [0, 0.1) is 11.3 Å². The fourth-order valence-electron chi connectivity index (χ4n) is 4.18. The van der Waals surface area contributed by atoms with Gasteiger partial charge in [-0.05, 0) is 56.7 Å². The lowest BCUT2D eigenvalue weighted by atomic mass is 9.83. The summed E-state index contributed by atoms with van der Waals surface area (Å²) < 4.78 is 0. The van der Waals surface area contributed by atoms with Gasteiger partial charge in [-0.3, -0.25) is 4.79 Å². The Hall–Kier alpha value is -0.610. The molecule has 116 valence electrons. The number of hydrogen-bond acceptors (Lipinski definition) is 3. The Morgan fingerprint density at radius 3 is 2.70 bits per heavy atom. The van der Waals surface area contributed by atoms with Gasteiger partial charge in [0.1, 0.15) is 5.54 Å². The molecule has 0 bridgehead atoms. The molecule has 4 heteroatoms. The lowest BCUT2D eigenvalue weighted by molar-refractivity contribution is -0.126. The minimum Gasteiger partial charge on any atom is -0.368 e. The van der Waals surface area contributed by atoms with Crippen molar-refractivity contribution < 1.29 is 4.79 Å². The van der Waals surface area contributed by atoms with Gasteiger partial charge in [0.25, 0.3) is 0 Å². The highest BCUT2D eigenvalue weighted by molar-refractivity contribution is 5.85. The van der Waals surface area contributed by atoms with Crippen molar-refractivity contribution in [3.05, 3.63) is 0 Å². The third kappa shape index (κ3) is 3.17. The summed E-state index contributed by atoms with van der Waals surface area (Å²) in [6.45, 7) is 11.0. The summed E-state index contributed by atoms with van der Waals surface area (Å²) in [5.41, 5.74) is 5.74. The zero-order valence-electron chi connectivity index (χ0n) is 13.4. The van der Waals surface area contributed by atoms with Crippen LogP contribution in [-0.4, -0.2) is 42.5 Å². The van der Waals surface area contributed by atoms with Crippen molar-refractivity contribution in [3.63, 3.8) is 0 Å². The zero-order valence-corrected chi connectivity index (χ0v) is 13.4. The second-order valence-corrected chi connectivity index (χ2v) is 7.43. The maximum absolute atomic E-state index is 12.0. The van der Waals surface area contributed by atoms with E-state index in [4.69, 9.17) is 5.73 Å². The monoisotopic (exact) mass is 281 g/mol. The van der Waals surface area contributed by atoms with Crippen LogP contribution in [0.1, 0.15) is 52.9 Å². The first-order valence-electron chi connectivity index (χ1n) is 8.17. The summed E-state index contributed by atoms with van der Waals surface area (Å²) in [5, 5.41) is 3.41. The van der Waals surface area contributed by atoms with Gasteiger partial charge < -0.3 is 16.0 Å². The van der Waals surface area contributed by atoms with Gasteiger partial charge in [-0.25, -0.2) is 0 Å². The van der Waals surface area contributed by atoms with E-state index in [1.807, 2.05) is 0 Å². The van der Waals surface area contributed by atoms with Crippen LogP contribution in [0.25, 0.3) is 0 Å². The van der Waals surface area contributed by atoms with E-state index >= 15 is 0 Å². The van der Waals surface area contributed by atoms with E-state index in [0.717, 1.165) is 38.8 Å². The molecule has 2 fully saturated rings. The van der Waals surface area contributed by atoms with Crippen LogP contribution in [0.15, 0.2) is 0 Å². The van der Waals surface area contributed by atoms with Gasteiger partial charge >= 0.3 is 0 Å². The van der Waals surface area contributed by atoms with E-state index in [-0.39, 0.29) is 5.91 Å². The van der Waals surface area contributed by atoms with Crippen LogP contribution >= 0.6 is 0 Å². The average Bonchev–Trinajstić information content (AvgIpc) is 2.91. The molecule has 2 aliphatic rings. The fraction of sp³-hybridized carbons (Fsp3) is 0.938. The molecule has 4 nitrogen and oxygen atoms in total. The first-order chi connectivity index (χ1) is 9.39. The quantitative estimate of drug-likeness (QED) is 0.780. The van der Waals surface area contributed by atoms with Crippen molar-refractivity contribution in [2.75, 3.05) is 26.2 Å². The Morgan fingerprint density at radius 1 is 1.40 bits per heavy atom. The number of amides is 1. The molecule has 0 radical (unpaired) electrons. The summed E-state index contributed by atoms with van der Waals surface area (Å²) in [6.07, 6.45) is 5.53. The van der Waals surface area contributed by atoms with Gasteiger partial charge in [0.05, 0.1) is 0 Å². The molecule has 20 heavy (non-hydrogen) atoms. The second-order valence-electron chi connectivity index (χ2n) is 7.43. The van der Waals surface area contributed by atoms with E-state index in [1.165, 1.54) is 19.5 Å². The van der Waals surface area contributed by atoms with Gasteiger partial charge in [-0.1, -0.05) is 27.2 Å². The Kier molecular flexibility index (Phi) is 4.75. The summed E-state index contributed by atoms with van der Waals surface area (Å²) in [7, 11) is 0. The maximum Gasteiger partial charge on any atom is 0.238 e. The number of carbonyl (C=O) groups is 1. The molecule has 3 N–H and O–H groups in total. The average molecular weight is 281 g/mol. The van der Waals surface area contributed by atoms with Crippen LogP contribution in [-0.2, 0) is 4.79 Å². The van der Waals surface area contributed by atoms with E-state index in [2.05, 4.69) is 31.0 Å². The van der Waals surface area contributed by atoms with Gasteiger partial charge in [0.2, 0.25) is 5.91 Å². The van der Waals surface area contributed by atoms with E-state index in [0.29, 0.717) is 11.3 Å². The van der Waals surface area contributed by atoms with Crippen molar-refractivity contribution in [2.24, 2.45) is 17.1 Å². The molecule has 1 saturated carbocycles. The number of nitrogens with two attached hydrogens (primary N) is 1. The molecule has 2 rings (SSSR count). The second kappa shape index (κ2) is 6.02. The summed E-state index contributed by atoms with van der Waals surface area (Å²) >= 11 is 0. The van der Waals surface area contributed by atoms with Crippen molar-refractivity contribution in [2.45, 2.75) is 58.4 Å². The number of likely N-dealkylation sites (N-methyl/N-ethyl adjacent to an activating group) is 1. The zero-order chi connectivity index (χ0) is 14.8. The van der Waals surface area contributed by atoms with Crippen molar-refractivity contribution in [1.82, 2.24) is 10.2 Å². The predicted molar refractivity (Wildman–Crippen MR) is 82.4 cm³/mol. The molecular weight excluding hydrogens is 250 g/mol. The lowest BCUT2D eigenvalue weighted by Gasteiger charge is -2.34. The third-order valence-electron chi connectivity index (χ3n) is 5.30. The van der Waals surface area contributed by atoms with Crippen LogP contribution < -0.4 is 11.1 Å². The van der Waals surface area contributed by atoms with E-state index < -0.39 is 5.54 Å². The number of carbonyl (C=O) groups excluding carboxylic acids is 1. The number of rotatable bonds is 6. The SMILES string of the molecule is CCNC1(C(N)=O)CCCC1CCN1CCC(C)(C)C1. The molecule has 0 aromatic heterocycles. The number of likely N-dealkylation sites (tertiary alicyclic amines) is 1. The minimum absolute atomic E-state index is 0.149. The number of nitrogens with one attached hydrogen (secondary N) is 1. The molecule has 1 heterocycles. The van der Waals surface area contributed by atoms with Crippen LogP contribution in [0.2, 0.25) is 0 Å². The first kappa shape index (κ1) is 15.8. The molecule has 1 aliphatic carbocycles. The van der Waals surface area contributed by atoms with Crippen molar-refractivity contribution in [1.29, 1.82) is 0 Å². The number of primary amides is 1. The number of nitrogens with zero attached hydrogens (tertiary/aromatic N) is 1. The number of hydrogen-bond donors (Lipinski definition) is 2. The molecule has 1 aliphatic heterocycles. The molecule has 0 spiro atoms. The Bertz CT molecular complexity index is 356. The molecular formula is C16H31N3O. The van der Waals surface area contributed by atoms with Crippen LogP contribution in [0.5, 0.6) is 0 Å². The smallest absolute Gasteiger partial charge is 0.238 e. The molecule has 1 saturated heterocycles. The highest BCUT2D eigenvalue weighted by Crippen LogP contribution is 2.38. The summed E-state index contributed by atoms with van der Waals surface area (Å²) in [6, 6.07) is 0. The fourth-order valence-corrected chi connectivity index (χ4v) is 4.18. The maximum atomic E-state index is 12.0. The normalized spacial score (nSPS) is 33.6. The van der Waals surface area contributed by atoms with E-state index in [9.17, 15) is 4.79 Å². The lowest BCUT2D eigenvalue weighted by Crippen LogP contribution is -2.58. The van der Waals surface area contributed by atoms with Gasteiger partial charge in [-0.15, -0.1) is 0 Å². The third-order valence-corrected chi connectivity index (χ3v) is 5.30. The Morgan fingerprint density at radius 2 is 2.15 bits per heavy atom. The largest absolute Gasteiger partial charge is 0.368 e. The minimum atomic E-state index is -0.440. The van der Waals surface area contributed by atoms with Crippen molar-refractivity contribution >= 4 is 5.91 Å². The first-order valence-corrected chi connectivity index (χ1v) is 8.17.